The van der Waals surface area contributed by atoms with Gasteiger partial charge in [-0.2, -0.15) is 0 Å². The number of hydrogen-bond acceptors (Lipinski definition) is 2. The van der Waals surface area contributed by atoms with Crippen LogP contribution in [0.1, 0.15) is 38.7 Å². The van der Waals surface area contributed by atoms with Gasteiger partial charge in [-0.25, -0.2) is 4.98 Å². The monoisotopic (exact) mass is 257 g/mol. The molecule has 3 nitrogen and oxygen atoms in total. The molecular weight excluding hydrogens is 234 g/mol. The topological polar surface area (TPSA) is 29.9 Å². The largest absolute Gasteiger partial charge is 0.326 e. The van der Waals surface area contributed by atoms with Gasteiger partial charge in [0, 0.05) is 24.6 Å². The number of nitrogens with zero attached hydrogens (tertiary/aromatic N) is 2. The smallest absolute Gasteiger partial charge is 0.207 e. The number of aryl methyl sites for hydroxylation is 2. The standard InChI is InChI=1S/C16H23N3/c1-3-5-6-14-7-9-15(10-8-14)18-16-17-11-13-19(16)12-4-2/h7-11,13H,3-6,12H2,1-2H3,(H,17,18). The van der Waals surface area contributed by atoms with Gasteiger partial charge in [-0.1, -0.05) is 32.4 Å². The molecule has 1 aromatic heterocycles. The van der Waals surface area contributed by atoms with E-state index in [1.165, 1.54) is 24.8 Å². The summed E-state index contributed by atoms with van der Waals surface area (Å²) in [6.45, 7) is 5.40. The maximum Gasteiger partial charge on any atom is 0.207 e. The van der Waals surface area contributed by atoms with Gasteiger partial charge in [0.15, 0.2) is 0 Å². The van der Waals surface area contributed by atoms with Gasteiger partial charge in [-0.15, -0.1) is 0 Å². The lowest BCUT2D eigenvalue weighted by Crippen LogP contribution is -2.02. The lowest BCUT2D eigenvalue weighted by molar-refractivity contribution is 0.686. The van der Waals surface area contributed by atoms with E-state index in [2.05, 4.69) is 53.0 Å². The van der Waals surface area contributed by atoms with Crippen LogP contribution in [0.25, 0.3) is 0 Å². The maximum absolute atomic E-state index is 4.35. The number of anilines is 2. The molecule has 1 aromatic carbocycles. The van der Waals surface area contributed by atoms with Gasteiger partial charge in [-0.05, 0) is 37.0 Å². The zero-order chi connectivity index (χ0) is 13.5. The van der Waals surface area contributed by atoms with Gasteiger partial charge in [0.1, 0.15) is 0 Å². The molecule has 0 spiro atoms. The van der Waals surface area contributed by atoms with Crippen molar-refractivity contribution in [2.24, 2.45) is 0 Å². The first-order valence-corrected chi connectivity index (χ1v) is 7.20. The minimum atomic E-state index is 0.920. The average Bonchev–Trinajstić information content (AvgIpc) is 2.86. The van der Waals surface area contributed by atoms with Gasteiger partial charge in [-0.3, -0.25) is 0 Å². The Bertz CT molecular complexity index is 485. The molecule has 2 rings (SSSR count). The van der Waals surface area contributed by atoms with Gasteiger partial charge < -0.3 is 9.88 Å². The summed E-state index contributed by atoms with van der Waals surface area (Å²) in [5, 5.41) is 3.37. The molecule has 1 N–H and O–H groups in total. The van der Waals surface area contributed by atoms with Crippen molar-refractivity contribution in [1.29, 1.82) is 0 Å². The predicted octanol–water partition coefficient (Wildman–Crippen LogP) is 4.38. The number of aromatic nitrogens is 2. The van der Waals surface area contributed by atoms with Gasteiger partial charge >= 0.3 is 0 Å². The molecule has 3 heteroatoms. The normalized spacial score (nSPS) is 10.6. The van der Waals surface area contributed by atoms with E-state index in [0.717, 1.165) is 24.6 Å². The molecule has 0 aliphatic rings. The predicted molar refractivity (Wildman–Crippen MR) is 80.9 cm³/mol. The summed E-state index contributed by atoms with van der Waals surface area (Å²) in [6.07, 6.45) is 8.64. The third-order valence-corrected chi connectivity index (χ3v) is 3.21. The zero-order valence-electron chi connectivity index (χ0n) is 11.9. The third kappa shape index (κ3) is 3.85. The molecule has 0 saturated carbocycles. The highest BCUT2D eigenvalue weighted by atomic mass is 15.2. The van der Waals surface area contributed by atoms with Crippen LogP contribution >= 0.6 is 0 Å². The zero-order valence-corrected chi connectivity index (χ0v) is 11.9. The number of hydrogen-bond donors (Lipinski definition) is 1. The van der Waals surface area contributed by atoms with E-state index in [9.17, 15) is 0 Å². The Labute approximate surface area is 115 Å². The second kappa shape index (κ2) is 6.98. The van der Waals surface area contributed by atoms with E-state index in [1.807, 2.05) is 12.4 Å². The lowest BCUT2D eigenvalue weighted by atomic mass is 10.1. The number of nitrogens with one attached hydrogen (secondary N) is 1. The van der Waals surface area contributed by atoms with Crippen LogP contribution < -0.4 is 5.32 Å². The molecule has 0 radical (unpaired) electrons. The Morgan fingerprint density at radius 2 is 1.89 bits per heavy atom. The van der Waals surface area contributed by atoms with Crippen LogP contribution in [0.3, 0.4) is 0 Å². The van der Waals surface area contributed by atoms with Crippen molar-refractivity contribution < 1.29 is 0 Å². The summed E-state index contributed by atoms with van der Waals surface area (Å²) in [5.41, 5.74) is 2.51. The summed E-state index contributed by atoms with van der Waals surface area (Å²) < 4.78 is 2.14. The fourth-order valence-electron chi connectivity index (χ4n) is 2.12. The van der Waals surface area contributed by atoms with E-state index in [4.69, 9.17) is 0 Å². The Balaban J connectivity index is 2.00. The van der Waals surface area contributed by atoms with Crippen molar-refractivity contribution in [2.45, 2.75) is 46.1 Å². The Morgan fingerprint density at radius 3 is 2.58 bits per heavy atom. The molecule has 0 aliphatic heterocycles. The molecule has 0 unspecified atom stereocenters. The van der Waals surface area contributed by atoms with E-state index >= 15 is 0 Å². The SMILES string of the molecule is CCCCc1ccc(Nc2nccn2CCC)cc1. The van der Waals surface area contributed by atoms with Crippen molar-refractivity contribution in [3.05, 3.63) is 42.2 Å². The van der Waals surface area contributed by atoms with Crippen LogP contribution in [0.4, 0.5) is 11.6 Å². The molecule has 0 bridgehead atoms. The van der Waals surface area contributed by atoms with E-state index in [1.54, 1.807) is 0 Å². The second-order valence-electron chi connectivity index (χ2n) is 4.87. The molecule has 19 heavy (non-hydrogen) atoms. The lowest BCUT2D eigenvalue weighted by Gasteiger charge is -2.09. The minimum Gasteiger partial charge on any atom is -0.326 e. The summed E-state index contributed by atoms with van der Waals surface area (Å²) in [5.74, 6) is 0.920. The third-order valence-electron chi connectivity index (χ3n) is 3.21. The Kier molecular flexibility index (Phi) is 5.01. The molecule has 0 atom stereocenters. The summed E-state index contributed by atoms with van der Waals surface area (Å²) in [7, 11) is 0. The number of rotatable bonds is 7. The molecular formula is C16H23N3. The summed E-state index contributed by atoms with van der Waals surface area (Å²) >= 11 is 0. The highest BCUT2D eigenvalue weighted by molar-refractivity contribution is 5.54. The van der Waals surface area contributed by atoms with Gasteiger partial charge in [0.25, 0.3) is 0 Å². The maximum atomic E-state index is 4.35. The van der Waals surface area contributed by atoms with E-state index in [0.29, 0.717) is 0 Å². The highest BCUT2D eigenvalue weighted by Gasteiger charge is 2.02. The first-order valence-electron chi connectivity index (χ1n) is 7.20. The number of benzene rings is 1. The molecule has 102 valence electrons. The van der Waals surface area contributed by atoms with Crippen molar-refractivity contribution in [1.82, 2.24) is 9.55 Å². The van der Waals surface area contributed by atoms with Crippen molar-refractivity contribution in [3.63, 3.8) is 0 Å². The van der Waals surface area contributed by atoms with E-state index < -0.39 is 0 Å². The van der Waals surface area contributed by atoms with Gasteiger partial charge in [0.2, 0.25) is 5.95 Å². The van der Waals surface area contributed by atoms with Crippen LogP contribution in [-0.4, -0.2) is 9.55 Å². The van der Waals surface area contributed by atoms with Crippen molar-refractivity contribution in [2.75, 3.05) is 5.32 Å². The molecule has 0 saturated heterocycles. The first kappa shape index (κ1) is 13.7. The quantitative estimate of drug-likeness (QED) is 0.797. The molecule has 0 aliphatic carbocycles. The van der Waals surface area contributed by atoms with Crippen LogP contribution in [-0.2, 0) is 13.0 Å². The second-order valence-corrected chi connectivity index (χ2v) is 4.87. The fraction of sp³-hybridized carbons (Fsp3) is 0.438. The highest BCUT2D eigenvalue weighted by Crippen LogP contribution is 2.17. The summed E-state index contributed by atoms with van der Waals surface area (Å²) in [4.78, 5) is 4.35. The first-order chi connectivity index (χ1) is 9.33. The Morgan fingerprint density at radius 1 is 1.11 bits per heavy atom. The van der Waals surface area contributed by atoms with Crippen LogP contribution in [0.5, 0.6) is 0 Å². The number of imidazole rings is 1. The number of unbranched alkanes of at least 4 members (excludes halogenated alkanes) is 1. The fourth-order valence-corrected chi connectivity index (χ4v) is 2.12. The van der Waals surface area contributed by atoms with E-state index in [-0.39, 0.29) is 0 Å². The molecule has 0 fully saturated rings. The van der Waals surface area contributed by atoms with Crippen molar-refractivity contribution >= 4 is 11.6 Å². The average molecular weight is 257 g/mol. The van der Waals surface area contributed by atoms with Gasteiger partial charge in [0.05, 0.1) is 0 Å². The van der Waals surface area contributed by atoms with Crippen molar-refractivity contribution in [3.8, 4) is 0 Å². The Hall–Kier alpha value is -1.77. The molecule has 2 aromatic rings. The molecule has 0 amide bonds. The van der Waals surface area contributed by atoms with Crippen LogP contribution in [0.2, 0.25) is 0 Å². The van der Waals surface area contributed by atoms with Crippen LogP contribution in [0.15, 0.2) is 36.7 Å². The minimum absolute atomic E-state index is 0.920. The summed E-state index contributed by atoms with van der Waals surface area (Å²) in [6, 6.07) is 8.67. The van der Waals surface area contributed by atoms with Crippen LogP contribution in [0, 0.1) is 0 Å². The molecule has 1 heterocycles.